The average Bonchev–Trinajstić information content (AvgIpc) is 3.36. The Kier molecular flexibility index (Phi) is 6.88. The van der Waals surface area contributed by atoms with E-state index in [-0.39, 0.29) is 11.4 Å². The second-order valence-electron chi connectivity index (χ2n) is 7.92. The van der Waals surface area contributed by atoms with Crippen LogP contribution in [0, 0.1) is 5.82 Å². The molecule has 0 saturated carbocycles. The summed E-state index contributed by atoms with van der Waals surface area (Å²) >= 11 is 0. The molecule has 1 aromatic heterocycles. The van der Waals surface area contributed by atoms with E-state index in [4.69, 9.17) is 0 Å². The molecule has 1 heterocycles. The average molecular weight is 478 g/mol. The fourth-order valence-electron chi connectivity index (χ4n) is 3.62. The number of hydrogen-bond donors (Lipinski definition) is 1. The van der Waals surface area contributed by atoms with Crippen LogP contribution in [0.5, 0.6) is 0 Å². The maximum absolute atomic E-state index is 13.1. The van der Waals surface area contributed by atoms with Gasteiger partial charge in [-0.25, -0.2) is 12.8 Å². The van der Waals surface area contributed by atoms with Crippen LogP contribution in [0.4, 0.5) is 4.39 Å². The second-order valence-corrected chi connectivity index (χ2v) is 10.2. The first-order valence-electron chi connectivity index (χ1n) is 10.8. The number of carbonyl (C=O) groups is 1. The summed E-state index contributed by atoms with van der Waals surface area (Å²) in [6.07, 6.45) is 3.65. The van der Waals surface area contributed by atoms with Crippen LogP contribution in [0.1, 0.15) is 18.1 Å². The van der Waals surface area contributed by atoms with Crippen molar-refractivity contribution >= 4 is 15.7 Å². The van der Waals surface area contributed by atoms with E-state index in [1.165, 1.54) is 19.1 Å². The van der Waals surface area contributed by atoms with Crippen LogP contribution >= 0.6 is 0 Å². The summed E-state index contributed by atoms with van der Waals surface area (Å²) < 4.78 is 40.5. The standard InChI is InChI=1S/C26H24FN3O3S/c1-19(34(32,33)24-13-11-23(27)12-14-24)26(31)28-17-22-5-2-3-6-25(22)21-9-7-20(8-10-21)18-30-16-4-15-29-30/h2-16,19H,17-18H2,1H3,(H,28,31)/t19-/m1/s1. The number of carbonyl (C=O) groups excluding carboxylic acids is 1. The Hall–Kier alpha value is -3.78. The van der Waals surface area contributed by atoms with E-state index in [1.54, 1.807) is 6.20 Å². The molecule has 0 saturated heterocycles. The summed E-state index contributed by atoms with van der Waals surface area (Å²) in [6.45, 7) is 2.18. The summed E-state index contributed by atoms with van der Waals surface area (Å²) in [4.78, 5) is 12.6. The highest BCUT2D eigenvalue weighted by Gasteiger charge is 2.29. The van der Waals surface area contributed by atoms with E-state index >= 15 is 0 Å². The van der Waals surface area contributed by atoms with Gasteiger partial charge in [-0.1, -0.05) is 48.5 Å². The quantitative estimate of drug-likeness (QED) is 0.386. The molecule has 0 aliphatic heterocycles. The SMILES string of the molecule is C[C@H](C(=O)NCc1ccccc1-c1ccc(Cn2cccn2)cc1)S(=O)(=O)c1ccc(F)cc1. The highest BCUT2D eigenvalue weighted by atomic mass is 32.2. The van der Waals surface area contributed by atoms with Crippen molar-refractivity contribution in [2.45, 2.75) is 30.2 Å². The second kappa shape index (κ2) is 10.0. The largest absolute Gasteiger partial charge is 0.351 e. The van der Waals surface area contributed by atoms with E-state index in [9.17, 15) is 17.6 Å². The number of benzene rings is 3. The molecular formula is C26H24FN3O3S. The number of nitrogens with one attached hydrogen (secondary N) is 1. The van der Waals surface area contributed by atoms with Crippen molar-refractivity contribution < 1.29 is 17.6 Å². The first-order valence-corrected chi connectivity index (χ1v) is 12.3. The number of rotatable bonds is 8. The number of aromatic nitrogens is 2. The van der Waals surface area contributed by atoms with Gasteiger partial charge in [0.05, 0.1) is 11.4 Å². The molecule has 1 amide bonds. The fourth-order valence-corrected chi connectivity index (χ4v) is 4.91. The van der Waals surface area contributed by atoms with Gasteiger partial charge in [0, 0.05) is 18.9 Å². The zero-order chi connectivity index (χ0) is 24.1. The third-order valence-electron chi connectivity index (χ3n) is 5.62. The predicted molar refractivity (Wildman–Crippen MR) is 128 cm³/mol. The lowest BCUT2D eigenvalue weighted by Crippen LogP contribution is -2.37. The van der Waals surface area contributed by atoms with Crippen molar-refractivity contribution in [3.05, 3.63) is 108 Å². The molecule has 6 nitrogen and oxygen atoms in total. The summed E-state index contributed by atoms with van der Waals surface area (Å²) in [5, 5.41) is 5.64. The van der Waals surface area contributed by atoms with Gasteiger partial charge in [-0.05, 0) is 59.5 Å². The molecule has 4 aromatic rings. The van der Waals surface area contributed by atoms with Crippen molar-refractivity contribution in [3.63, 3.8) is 0 Å². The van der Waals surface area contributed by atoms with Crippen molar-refractivity contribution in [2.75, 3.05) is 0 Å². The number of halogens is 1. The zero-order valence-corrected chi connectivity index (χ0v) is 19.4. The molecule has 0 fully saturated rings. The zero-order valence-electron chi connectivity index (χ0n) is 18.6. The molecule has 0 bridgehead atoms. The van der Waals surface area contributed by atoms with Crippen LogP contribution in [-0.2, 0) is 27.7 Å². The van der Waals surface area contributed by atoms with Crippen molar-refractivity contribution in [2.24, 2.45) is 0 Å². The molecule has 0 aliphatic rings. The minimum absolute atomic E-state index is 0.0906. The Balaban J connectivity index is 1.46. The van der Waals surface area contributed by atoms with E-state index in [0.29, 0.717) is 6.54 Å². The number of nitrogens with zero attached hydrogens (tertiary/aromatic N) is 2. The molecule has 4 rings (SSSR count). The molecular weight excluding hydrogens is 453 g/mol. The summed E-state index contributed by atoms with van der Waals surface area (Å²) in [6, 6.07) is 22.1. The summed E-state index contributed by atoms with van der Waals surface area (Å²) in [5.74, 6) is -1.16. The Bertz CT molecular complexity index is 1370. The lowest BCUT2D eigenvalue weighted by molar-refractivity contribution is -0.120. The molecule has 1 atom stereocenters. The number of hydrogen-bond acceptors (Lipinski definition) is 4. The highest BCUT2D eigenvalue weighted by Crippen LogP contribution is 2.25. The van der Waals surface area contributed by atoms with Gasteiger partial charge in [0.2, 0.25) is 5.91 Å². The summed E-state index contributed by atoms with van der Waals surface area (Å²) in [7, 11) is -3.93. The van der Waals surface area contributed by atoms with Crippen LogP contribution in [-0.4, -0.2) is 29.4 Å². The minimum atomic E-state index is -3.93. The molecule has 3 aromatic carbocycles. The molecule has 174 valence electrons. The van der Waals surface area contributed by atoms with Gasteiger partial charge >= 0.3 is 0 Å². The van der Waals surface area contributed by atoms with E-state index in [0.717, 1.165) is 34.4 Å². The molecule has 0 spiro atoms. The summed E-state index contributed by atoms with van der Waals surface area (Å²) in [5.41, 5.74) is 3.91. The van der Waals surface area contributed by atoms with Crippen LogP contribution in [0.2, 0.25) is 0 Å². The predicted octanol–water partition coefficient (Wildman–Crippen LogP) is 4.22. The van der Waals surface area contributed by atoms with Gasteiger partial charge in [0.1, 0.15) is 11.1 Å². The molecule has 8 heteroatoms. The van der Waals surface area contributed by atoms with Gasteiger partial charge in [0.15, 0.2) is 9.84 Å². The molecule has 1 N–H and O–H groups in total. The lowest BCUT2D eigenvalue weighted by Gasteiger charge is -2.15. The van der Waals surface area contributed by atoms with Crippen LogP contribution in [0.3, 0.4) is 0 Å². The third kappa shape index (κ3) is 5.23. The first kappa shape index (κ1) is 23.4. The molecule has 0 aliphatic carbocycles. The highest BCUT2D eigenvalue weighted by molar-refractivity contribution is 7.92. The Morgan fingerprint density at radius 1 is 1.00 bits per heavy atom. The van der Waals surface area contributed by atoms with E-state index in [2.05, 4.69) is 10.4 Å². The molecule has 0 radical (unpaired) electrons. The molecule has 34 heavy (non-hydrogen) atoms. The number of sulfone groups is 1. The van der Waals surface area contributed by atoms with Gasteiger partial charge < -0.3 is 5.32 Å². The first-order chi connectivity index (χ1) is 16.3. The number of amides is 1. The fraction of sp³-hybridized carbons (Fsp3) is 0.154. The van der Waals surface area contributed by atoms with Gasteiger partial charge in [-0.3, -0.25) is 9.48 Å². The smallest absolute Gasteiger partial charge is 0.238 e. The monoisotopic (exact) mass is 477 g/mol. The van der Waals surface area contributed by atoms with E-state index in [1.807, 2.05) is 65.5 Å². The Labute approximate surface area is 198 Å². The topological polar surface area (TPSA) is 81.1 Å². The van der Waals surface area contributed by atoms with Gasteiger partial charge in [-0.2, -0.15) is 5.10 Å². The normalized spacial score (nSPS) is 12.3. The molecule has 0 unspecified atom stereocenters. The van der Waals surface area contributed by atoms with Gasteiger partial charge in [-0.15, -0.1) is 0 Å². The lowest BCUT2D eigenvalue weighted by atomic mass is 9.98. The maximum Gasteiger partial charge on any atom is 0.238 e. The van der Waals surface area contributed by atoms with Crippen LogP contribution in [0.15, 0.2) is 96.2 Å². The van der Waals surface area contributed by atoms with Crippen LogP contribution in [0.25, 0.3) is 11.1 Å². The maximum atomic E-state index is 13.1. The minimum Gasteiger partial charge on any atom is -0.351 e. The van der Waals surface area contributed by atoms with E-state index < -0.39 is 26.8 Å². The van der Waals surface area contributed by atoms with Crippen molar-refractivity contribution in [3.8, 4) is 11.1 Å². The third-order valence-corrected chi connectivity index (χ3v) is 7.69. The van der Waals surface area contributed by atoms with Gasteiger partial charge in [0.25, 0.3) is 0 Å². The van der Waals surface area contributed by atoms with Crippen LogP contribution < -0.4 is 5.32 Å². The van der Waals surface area contributed by atoms with Crippen molar-refractivity contribution in [1.82, 2.24) is 15.1 Å². The Morgan fingerprint density at radius 2 is 1.71 bits per heavy atom. The van der Waals surface area contributed by atoms with Crippen molar-refractivity contribution in [1.29, 1.82) is 0 Å². The Morgan fingerprint density at radius 3 is 2.38 bits per heavy atom.